The van der Waals surface area contributed by atoms with Crippen LogP contribution in [0.2, 0.25) is 0 Å². The van der Waals surface area contributed by atoms with Gasteiger partial charge in [0.25, 0.3) is 0 Å². The summed E-state index contributed by atoms with van der Waals surface area (Å²) >= 11 is 0. The van der Waals surface area contributed by atoms with E-state index in [0.717, 1.165) is 47.9 Å². The molecule has 12 nitrogen and oxygen atoms in total. The van der Waals surface area contributed by atoms with Gasteiger partial charge in [-0.25, -0.2) is 13.9 Å². The van der Waals surface area contributed by atoms with Gasteiger partial charge in [-0.05, 0) is 76.6 Å². The summed E-state index contributed by atoms with van der Waals surface area (Å²) < 4.78 is 45.7. The molecule has 0 saturated carbocycles. The summed E-state index contributed by atoms with van der Waals surface area (Å²) in [7, 11) is 1.54. The van der Waals surface area contributed by atoms with E-state index in [1.807, 2.05) is 45.9 Å². The largest absolute Gasteiger partial charge is 0.467 e. The number of benzene rings is 1. The van der Waals surface area contributed by atoms with Crippen LogP contribution in [0.4, 0.5) is 15.0 Å². The number of methoxy groups -OCH3 is 1. The van der Waals surface area contributed by atoms with Crippen molar-refractivity contribution in [2.75, 3.05) is 58.0 Å². The Morgan fingerprint density at radius 2 is 1.83 bits per heavy atom. The van der Waals surface area contributed by atoms with Gasteiger partial charge in [0.15, 0.2) is 12.1 Å². The van der Waals surface area contributed by atoms with E-state index in [1.54, 1.807) is 10.9 Å². The van der Waals surface area contributed by atoms with Gasteiger partial charge in [0, 0.05) is 43.6 Å². The fourth-order valence-electron chi connectivity index (χ4n) is 6.26. The average molecular weight is 641 g/mol. The lowest BCUT2D eigenvalue weighted by molar-refractivity contribution is -0.171. The molecule has 1 unspecified atom stereocenters. The number of alkyl halides is 1. The highest BCUT2D eigenvalue weighted by atomic mass is 19.1. The van der Waals surface area contributed by atoms with Crippen molar-refractivity contribution in [3.63, 3.8) is 0 Å². The molecule has 5 heterocycles. The molecule has 1 aromatic carbocycles. The molecule has 3 atom stereocenters. The predicted molar refractivity (Wildman–Crippen MR) is 170 cm³/mol. The summed E-state index contributed by atoms with van der Waals surface area (Å²) in [4.78, 5) is 25.3. The second-order valence-electron chi connectivity index (χ2n) is 13.3. The van der Waals surface area contributed by atoms with Crippen LogP contribution in [0.15, 0.2) is 24.4 Å². The number of carbonyl (C=O) groups excluding carboxylic acids is 1. The number of hydrogen-bond donors (Lipinski definition) is 0. The van der Waals surface area contributed by atoms with Gasteiger partial charge in [-0.1, -0.05) is 0 Å². The van der Waals surface area contributed by atoms with Gasteiger partial charge in [-0.15, -0.1) is 0 Å². The van der Waals surface area contributed by atoms with Crippen LogP contribution >= 0.6 is 0 Å². The zero-order valence-corrected chi connectivity index (χ0v) is 27.4. The molecule has 6 rings (SSSR count). The van der Waals surface area contributed by atoms with E-state index in [4.69, 9.17) is 23.7 Å². The highest BCUT2D eigenvalue weighted by Gasteiger charge is 2.35. The quantitative estimate of drug-likeness (QED) is 0.298. The maximum Gasteiger partial charge on any atom is 0.410 e. The van der Waals surface area contributed by atoms with E-state index in [1.165, 1.54) is 12.0 Å². The van der Waals surface area contributed by atoms with E-state index in [2.05, 4.69) is 20.0 Å². The van der Waals surface area contributed by atoms with E-state index >= 15 is 4.39 Å². The van der Waals surface area contributed by atoms with Gasteiger partial charge in [0.2, 0.25) is 0 Å². The molecule has 3 aromatic rings. The first-order valence-corrected chi connectivity index (χ1v) is 16.2. The lowest BCUT2D eigenvalue weighted by atomic mass is 9.85. The number of hydrogen-bond acceptors (Lipinski definition) is 10. The minimum absolute atomic E-state index is 0.00864. The number of rotatable bonds is 9. The normalized spacial score (nSPS) is 22.6. The number of aromatic nitrogens is 4. The summed E-state index contributed by atoms with van der Waals surface area (Å²) in [6.45, 7) is 11.0. The number of ether oxygens (including phenoxy) is 5. The van der Waals surface area contributed by atoms with Gasteiger partial charge in [-0.2, -0.15) is 15.1 Å². The number of carbonyl (C=O) groups is 1. The van der Waals surface area contributed by atoms with E-state index in [0.29, 0.717) is 50.9 Å². The highest BCUT2D eigenvalue weighted by Crippen LogP contribution is 2.36. The van der Waals surface area contributed by atoms with Crippen molar-refractivity contribution in [2.45, 2.75) is 83.5 Å². The number of aryl methyl sites for hydroxylation is 1. The zero-order chi connectivity index (χ0) is 32.4. The van der Waals surface area contributed by atoms with Crippen LogP contribution in [-0.2, 0) is 18.9 Å². The Morgan fingerprint density at radius 1 is 1.04 bits per heavy atom. The van der Waals surface area contributed by atoms with Gasteiger partial charge < -0.3 is 33.5 Å². The topological polar surface area (TPSA) is 113 Å². The summed E-state index contributed by atoms with van der Waals surface area (Å²) in [6, 6.07) is 6.14. The molecule has 0 radical (unpaired) electrons. The second-order valence-corrected chi connectivity index (χ2v) is 13.3. The van der Waals surface area contributed by atoms with Crippen molar-refractivity contribution in [1.82, 2.24) is 24.6 Å². The average Bonchev–Trinajstić information content (AvgIpc) is 3.41. The Hall–Kier alpha value is -3.55. The van der Waals surface area contributed by atoms with Crippen LogP contribution in [0, 0.1) is 6.92 Å². The van der Waals surface area contributed by atoms with E-state index in [9.17, 15) is 4.79 Å². The molecule has 2 aromatic heterocycles. The first kappa shape index (κ1) is 32.4. The first-order chi connectivity index (χ1) is 22.1. The maximum atomic E-state index is 15.7. The molecule has 0 N–H and O–H groups in total. The number of nitrogens with zero attached hydrogens (tertiary/aromatic N) is 6. The van der Waals surface area contributed by atoms with Crippen molar-refractivity contribution < 1.29 is 32.9 Å². The lowest BCUT2D eigenvalue weighted by Crippen LogP contribution is -2.53. The standard InChI is InChI=1S/C33H45FN6O6/c1-21-14-22-17-35-40(27(22)15-25(21)24-9-10-38(20-26(24)34)32(41)46-33(2,3)4)29-16-28(36-31(37-29)42-5)39-18-23(19-39)43-12-13-45-30-8-6-7-11-44-30/h14-17,23-24,26,30H,6-13,18-20H2,1-5H3/t24-,26-,30?/m1/s1. The van der Waals surface area contributed by atoms with Crippen molar-refractivity contribution in [3.8, 4) is 11.8 Å². The Morgan fingerprint density at radius 3 is 2.54 bits per heavy atom. The molecule has 0 spiro atoms. The molecule has 46 heavy (non-hydrogen) atoms. The minimum Gasteiger partial charge on any atom is -0.467 e. The number of fused-ring (bicyclic) bond motifs is 1. The Labute approximate surface area is 269 Å². The van der Waals surface area contributed by atoms with Crippen LogP contribution in [0.5, 0.6) is 6.01 Å². The third-order valence-electron chi connectivity index (χ3n) is 8.68. The lowest BCUT2D eigenvalue weighted by Gasteiger charge is -2.39. The molecule has 3 fully saturated rings. The van der Waals surface area contributed by atoms with Crippen LogP contribution in [0.1, 0.15) is 63.5 Å². The fourth-order valence-corrected chi connectivity index (χ4v) is 6.26. The van der Waals surface area contributed by atoms with Crippen LogP contribution < -0.4 is 9.64 Å². The number of halogens is 1. The van der Waals surface area contributed by atoms with Gasteiger partial charge >= 0.3 is 12.1 Å². The molecule has 13 heteroatoms. The van der Waals surface area contributed by atoms with E-state index < -0.39 is 17.9 Å². The van der Waals surface area contributed by atoms with Gasteiger partial charge in [0.1, 0.15) is 17.6 Å². The summed E-state index contributed by atoms with van der Waals surface area (Å²) in [6.07, 6.45) is 3.70. The molecule has 0 bridgehead atoms. The molecular formula is C33H45FN6O6. The zero-order valence-electron chi connectivity index (χ0n) is 27.4. The van der Waals surface area contributed by atoms with Crippen molar-refractivity contribution in [1.29, 1.82) is 0 Å². The fraction of sp³-hybridized carbons (Fsp3) is 0.636. The van der Waals surface area contributed by atoms with Crippen LogP contribution in [0.25, 0.3) is 16.7 Å². The van der Waals surface area contributed by atoms with Crippen molar-refractivity contribution in [2.24, 2.45) is 0 Å². The molecule has 1 amide bonds. The molecule has 3 saturated heterocycles. The summed E-state index contributed by atoms with van der Waals surface area (Å²) in [5.41, 5.74) is 2.05. The third kappa shape index (κ3) is 7.37. The monoisotopic (exact) mass is 640 g/mol. The molecular weight excluding hydrogens is 595 g/mol. The van der Waals surface area contributed by atoms with E-state index in [-0.39, 0.29) is 30.9 Å². The van der Waals surface area contributed by atoms with Crippen LogP contribution in [0.3, 0.4) is 0 Å². The highest BCUT2D eigenvalue weighted by molar-refractivity contribution is 5.82. The maximum absolute atomic E-state index is 15.7. The first-order valence-electron chi connectivity index (χ1n) is 16.2. The third-order valence-corrected chi connectivity index (χ3v) is 8.68. The number of likely N-dealkylation sites (tertiary alicyclic amines) is 1. The second kappa shape index (κ2) is 13.7. The Balaban J connectivity index is 1.13. The van der Waals surface area contributed by atoms with Crippen LogP contribution in [-0.4, -0.2) is 108 Å². The summed E-state index contributed by atoms with van der Waals surface area (Å²) in [5, 5.41) is 5.56. The number of anilines is 1. The van der Waals surface area contributed by atoms with Gasteiger partial charge in [-0.3, -0.25) is 0 Å². The van der Waals surface area contributed by atoms with Crippen molar-refractivity contribution in [3.05, 3.63) is 35.5 Å². The van der Waals surface area contributed by atoms with Crippen molar-refractivity contribution >= 4 is 22.8 Å². The minimum atomic E-state index is -1.23. The SMILES string of the molecule is COc1nc(N2CC(OCCOC3CCCCO3)C2)cc(-n2ncc3cc(C)c([C@H]4CCN(C(=O)OC(C)(C)C)C[C@H]4F)cc32)n1. The predicted octanol–water partition coefficient (Wildman–Crippen LogP) is 4.94. The van der Waals surface area contributed by atoms with Gasteiger partial charge in [0.05, 0.1) is 44.7 Å². The smallest absolute Gasteiger partial charge is 0.410 e. The summed E-state index contributed by atoms with van der Waals surface area (Å²) in [5.74, 6) is 0.900. The molecule has 3 aliphatic rings. The Kier molecular flexibility index (Phi) is 9.62. The Bertz CT molecular complexity index is 1520. The molecule has 0 aliphatic carbocycles. The number of amides is 1. The molecule has 250 valence electrons. The number of piperidine rings is 1. The molecule has 3 aliphatic heterocycles.